The topological polar surface area (TPSA) is 57.9 Å². The molecule has 21 heavy (non-hydrogen) atoms. The van der Waals surface area contributed by atoms with Gasteiger partial charge in [-0.05, 0) is 23.6 Å². The fraction of sp³-hybridized carbons (Fsp3) is 0.400. The van der Waals surface area contributed by atoms with E-state index >= 15 is 0 Å². The Morgan fingerprint density at radius 1 is 1.33 bits per heavy atom. The van der Waals surface area contributed by atoms with E-state index in [1.54, 1.807) is 0 Å². The molecule has 0 spiro atoms. The maximum Gasteiger partial charge on any atom is 0.120 e. The molecule has 1 saturated heterocycles. The van der Waals surface area contributed by atoms with Gasteiger partial charge in [-0.15, -0.1) is 12.4 Å². The molecule has 3 rings (SSSR count). The van der Waals surface area contributed by atoms with Gasteiger partial charge in [0, 0.05) is 23.6 Å². The van der Waals surface area contributed by atoms with Crippen LogP contribution in [0.4, 0.5) is 0 Å². The lowest BCUT2D eigenvalue weighted by molar-refractivity contribution is 0.311. The summed E-state index contributed by atoms with van der Waals surface area (Å²) in [6.07, 6.45) is 1.90. The van der Waals surface area contributed by atoms with Crippen LogP contribution in [0.25, 0.3) is 11.3 Å². The molecule has 2 aromatic rings. The standard InChI is InChI=1S/C15H19BrN4.ClH/c1-10-7-20(8-13(10)17)9-15-18-6-14(19-15)11-2-4-12(16)5-3-11;/h2-6,10,13H,7-9,17H2,1H3,(H,18,19);1H. The maximum absolute atomic E-state index is 6.06. The molecular formula is C15H20BrClN4. The summed E-state index contributed by atoms with van der Waals surface area (Å²) in [5.74, 6) is 1.57. The van der Waals surface area contributed by atoms with E-state index in [2.05, 4.69) is 49.9 Å². The Bertz CT molecular complexity index is 574. The third kappa shape index (κ3) is 3.86. The van der Waals surface area contributed by atoms with Gasteiger partial charge in [0.1, 0.15) is 5.82 Å². The highest BCUT2D eigenvalue weighted by Gasteiger charge is 2.26. The molecule has 6 heteroatoms. The van der Waals surface area contributed by atoms with Crippen molar-refractivity contribution in [2.75, 3.05) is 13.1 Å². The molecule has 2 unspecified atom stereocenters. The highest BCUT2D eigenvalue weighted by Crippen LogP contribution is 2.21. The molecule has 1 fully saturated rings. The predicted octanol–water partition coefficient (Wildman–Crippen LogP) is 3.04. The Morgan fingerprint density at radius 2 is 2.05 bits per heavy atom. The Kier molecular flexibility index (Phi) is 5.43. The summed E-state index contributed by atoms with van der Waals surface area (Å²) in [6, 6.07) is 8.52. The summed E-state index contributed by atoms with van der Waals surface area (Å²) in [5.41, 5.74) is 8.27. The summed E-state index contributed by atoms with van der Waals surface area (Å²) in [7, 11) is 0. The number of imidazole rings is 1. The number of hydrogen-bond donors (Lipinski definition) is 2. The molecule has 0 aliphatic carbocycles. The summed E-state index contributed by atoms with van der Waals surface area (Å²) < 4.78 is 1.08. The fourth-order valence-electron chi connectivity index (χ4n) is 2.66. The number of aromatic nitrogens is 2. The zero-order valence-electron chi connectivity index (χ0n) is 11.9. The van der Waals surface area contributed by atoms with Crippen LogP contribution in [0.15, 0.2) is 34.9 Å². The number of likely N-dealkylation sites (tertiary alicyclic amines) is 1. The first-order valence-corrected chi connectivity index (χ1v) is 7.69. The molecule has 1 aromatic heterocycles. The largest absolute Gasteiger partial charge is 0.341 e. The third-order valence-corrected chi connectivity index (χ3v) is 4.43. The highest BCUT2D eigenvalue weighted by atomic mass is 79.9. The number of hydrogen-bond acceptors (Lipinski definition) is 3. The van der Waals surface area contributed by atoms with Crippen LogP contribution in [0.2, 0.25) is 0 Å². The average Bonchev–Trinajstić information content (AvgIpc) is 2.99. The normalized spacial score (nSPS) is 22.2. The van der Waals surface area contributed by atoms with Gasteiger partial charge in [-0.25, -0.2) is 4.98 Å². The summed E-state index contributed by atoms with van der Waals surface area (Å²) in [6.45, 7) is 5.06. The number of benzene rings is 1. The van der Waals surface area contributed by atoms with Crippen molar-refractivity contribution in [3.8, 4) is 11.3 Å². The lowest BCUT2D eigenvalue weighted by atomic mass is 10.1. The fourth-order valence-corrected chi connectivity index (χ4v) is 2.92. The van der Waals surface area contributed by atoms with Crippen LogP contribution >= 0.6 is 28.3 Å². The van der Waals surface area contributed by atoms with Crippen LogP contribution in [0.5, 0.6) is 0 Å². The van der Waals surface area contributed by atoms with E-state index in [-0.39, 0.29) is 18.4 Å². The van der Waals surface area contributed by atoms with E-state index in [0.29, 0.717) is 5.92 Å². The molecule has 2 heterocycles. The molecule has 1 aliphatic heterocycles. The van der Waals surface area contributed by atoms with Crippen molar-refractivity contribution in [1.82, 2.24) is 14.9 Å². The zero-order chi connectivity index (χ0) is 14.1. The van der Waals surface area contributed by atoms with Crippen molar-refractivity contribution in [3.05, 3.63) is 40.8 Å². The van der Waals surface area contributed by atoms with Crippen molar-refractivity contribution in [2.45, 2.75) is 19.5 Å². The molecule has 4 nitrogen and oxygen atoms in total. The summed E-state index contributed by atoms with van der Waals surface area (Å²) >= 11 is 3.45. The number of H-pyrrole nitrogens is 1. The van der Waals surface area contributed by atoms with E-state index < -0.39 is 0 Å². The number of rotatable bonds is 3. The SMILES string of the molecule is CC1CN(Cc2ncc(-c3ccc(Br)cc3)[nH]2)CC1N.Cl. The van der Waals surface area contributed by atoms with Crippen molar-refractivity contribution in [2.24, 2.45) is 11.7 Å². The lowest BCUT2D eigenvalue weighted by Crippen LogP contribution is -2.28. The smallest absolute Gasteiger partial charge is 0.120 e. The van der Waals surface area contributed by atoms with E-state index in [4.69, 9.17) is 5.73 Å². The van der Waals surface area contributed by atoms with Gasteiger partial charge in [-0.3, -0.25) is 4.90 Å². The second-order valence-electron chi connectivity index (χ2n) is 5.59. The van der Waals surface area contributed by atoms with E-state index in [1.165, 1.54) is 0 Å². The molecule has 114 valence electrons. The van der Waals surface area contributed by atoms with Gasteiger partial charge >= 0.3 is 0 Å². The first-order chi connectivity index (χ1) is 9.61. The van der Waals surface area contributed by atoms with Gasteiger partial charge in [0.2, 0.25) is 0 Å². The molecular weight excluding hydrogens is 352 g/mol. The van der Waals surface area contributed by atoms with Gasteiger partial charge in [-0.1, -0.05) is 35.0 Å². The molecule has 0 bridgehead atoms. The molecule has 1 aliphatic rings. The Hall–Kier alpha value is -0.880. The lowest BCUT2D eigenvalue weighted by Gasteiger charge is -2.12. The molecule has 0 amide bonds. The maximum atomic E-state index is 6.06. The average molecular weight is 372 g/mol. The van der Waals surface area contributed by atoms with Crippen molar-refractivity contribution < 1.29 is 0 Å². The first kappa shape index (κ1) is 16.5. The molecule has 0 radical (unpaired) electrons. The monoisotopic (exact) mass is 370 g/mol. The van der Waals surface area contributed by atoms with E-state index in [9.17, 15) is 0 Å². The van der Waals surface area contributed by atoms with E-state index in [0.717, 1.165) is 41.2 Å². The minimum absolute atomic E-state index is 0. The van der Waals surface area contributed by atoms with E-state index in [1.807, 2.05) is 18.3 Å². The predicted molar refractivity (Wildman–Crippen MR) is 91.4 cm³/mol. The number of nitrogens with one attached hydrogen (secondary N) is 1. The van der Waals surface area contributed by atoms with Crippen molar-refractivity contribution in [1.29, 1.82) is 0 Å². The van der Waals surface area contributed by atoms with Gasteiger partial charge in [0.05, 0.1) is 18.4 Å². The number of halogens is 2. The van der Waals surface area contributed by atoms with Crippen LogP contribution < -0.4 is 5.73 Å². The Labute approximate surface area is 139 Å². The van der Waals surface area contributed by atoms with Gasteiger partial charge in [0.15, 0.2) is 0 Å². The second-order valence-corrected chi connectivity index (χ2v) is 6.50. The number of nitrogens with two attached hydrogens (primary N) is 1. The highest BCUT2D eigenvalue weighted by molar-refractivity contribution is 9.10. The Morgan fingerprint density at radius 3 is 2.67 bits per heavy atom. The second kappa shape index (κ2) is 6.92. The first-order valence-electron chi connectivity index (χ1n) is 6.89. The molecule has 1 aromatic carbocycles. The van der Waals surface area contributed by atoms with Crippen LogP contribution in [-0.2, 0) is 6.54 Å². The third-order valence-electron chi connectivity index (χ3n) is 3.90. The molecule has 3 N–H and O–H groups in total. The summed E-state index contributed by atoms with van der Waals surface area (Å²) in [4.78, 5) is 10.2. The Balaban J connectivity index is 0.00000161. The molecule has 2 atom stereocenters. The minimum Gasteiger partial charge on any atom is -0.341 e. The zero-order valence-corrected chi connectivity index (χ0v) is 14.3. The van der Waals surface area contributed by atoms with Gasteiger partial charge in [0.25, 0.3) is 0 Å². The quantitative estimate of drug-likeness (QED) is 0.872. The van der Waals surface area contributed by atoms with Crippen LogP contribution in [0.3, 0.4) is 0 Å². The van der Waals surface area contributed by atoms with Crippen LogP contribution in [0.1, 0.15) is 12.7 Å². The van der Waals surface area contributed by atoms with Crippen LogP contribution in [-0.4, -0.2) is 34.0 Å². The van der Waals surface area contributed by atoms with Crippen molar-refractivity contribution in [3.63, 3.8) is 0 Å². The number of nitrogens with zero attached hydrogens (tertiary/aromatic N) is 2. The van der Waals surface area contributed by atoms with Gasteiger partial charge < -0.3 is 10.7 Å². The van der Waals surface area contributed by atoms with Crippen molar-refractivity contribution >= 4 is 28.3 Å². The minimum atomic E-state index is 0. The summed E-state index contributed by atoms with van der Waals surface area (Å²) in [5, 5.41) is 0. The van der Waals surface area contributed by atoms with Gasteiger partial charge in [-0.2, -0.15) is 0 Å². The van der Waals surface area contributed by atoms with Crippen LogP contribution in [0, 0.1) is 5.92 Å². The molecule has 0 saturated carbocycles. The number of aromatic amines is 1.